The van der Waals surface area contributed by atoms with Gasteiger partial charge in [-0.15, -0.1) is 0 Å². The molecule has 0 radical (unpaired) electrons. The first-order valence-electron chi connectivity index (χ1n) is 47.5. The van der Waals surface area contributed by atoms with Crippen LogP contribution >= 0.6 is 0 Å². The summed E-state index contributed by atoms with van der Waals surface area (Å²) in [7, 11) is 0. The first-order chi connectivity index (χ1) is 64.3. The van der Waals surface area contributed by atoms with Gasteiger partial charge in [0.15, 0.2) is 28.9 Å². The molecule has 0 bridgehead atoms. The summed E-state index contributed by atoms with van der Waals surface area (Å²) in [5, 5.41) is 37.9. The minimum Gasteiger partial charge on any atom is -0.389 e. The van der Waals surface area contributed by atoms with Crippen molar-refractivity contribution in [2.75, 3.05) is 131 Å². The summed E-state index contributed by atoms with van der Waals surface area (Å²) in [5.41, 5.74) is 7.53. The molecule has 3 aliphatic carbocycles. The quantitative estimate of drug-likeness (QED) is 0.00852. The van der Waals surface area contributed by atoms with E-state index in [1.54, 1.807) is 80.5 Å². The standard InChI is InChI=1S/C33H44N8O4.C33H41N7O6.C31H39N7O4/c1-21-27-16-35-33(37-31(27)41(25-9-6-7-10-25)32(44)30(21)22(2)42)36-28-13-12-26(15-34-28)40-19-23-17-39(18-24(23)20-40)14-8-4-3-5-11-29(43)38-45;1-21-26-19-35-33(37-30(26)40(24-8-6-7-9-24)32(46)29(21)22(2)42)36-27-13-12-23(18-34-27)31(45)39-16-14-38(15-17-39)28(44)11-5-3-4-10-25(43)20-41;1-19-26-13-33-31(35-29(26)38(23-6-3-4-7-23)30(42)28(19)20(2)40)34-27-10-9-24(12-32-27)37-16-21-14-36(15-22(21)17-37)11-5-8-25(41)18-39/h12-13,15-16,23-25,45H,3-11,14,17-20H2,1-2H3,(H,38,43)(H,34,35,36,37);12-13,18-19,24,41H,3-11,14-17,20H2,1-2H3,(H,34,35,36,37);9-10,12-13,21-23,39H,3-8,11,14-18H2,1-2H3,(H,32,33,34,35). The monoisotopic (exact) mass is 1820 g/mol. The van der Waals surface area contributed by atoms with E-state index in [0.717, 1.165) is 203 Å². The molecule has 3 saturated carbocycles. The molecule has 4 unspecified atom stereocenters. The van der Waals surface area contributed by atoms with Crippen molar-refractivity contribution in [1.29, 1.82) is 0 Å². The van der Waals surface area contributed by atoms with Crippen molar-refractivity contribution in [1.82, 2.24) is 83.6 Å². The predicted octanol–water partition coefficient (Wildman–Crippen LogP) is 11.0. The Balaban J connectivity index is 0.000000152. The Morgan fingerprint density at radius 2 is 0.737 bits per heavy atom. The molecule has 17 rings (SSSR count). The Kier molecular flexibility index (Phi) is 31.4. The highest BCUT2D eigenvalue weighted by molar-refractivity contribution is 6.02. The van der Waals surface area contributed by atoms with E-state index in [-0.39, 0.29) is 111 Å². The second-order valence-corrected chi connectivity index (χ2v) is 37.2. The van der Waals surface area contributed by atoms with Crippen molar-refractivity contribution in [2.24, 2.45) is 23.7 Å². The Labute approximate surface area is 771 Å². The molecule has 5 saturated heterocycles. The lowest BCUT2D eigenvalue weighted by molar-refractivity contribution is -0.133. The fourth-order valence-corrected chi connectivity index (χ4v) is 21.1. The van der Waals surface area contributed by atoms with Gasteiger partial charge in [0.1, 0.15) is 47.6 Å². The van der Waals surface area contributed by atoms with E-state index in [4.69, 9.17) is 25.4 Å². The SMILES string of the molecule is CC(=O)c1c(C)c2cnc(Nc3ccc(C(=O)N4CCN(C(=O)CCCCCC(=O)CO)CC4)cn3)nc2n(C2CCCC2)c1=O.CC(=O)c1c(C)c2cnc(Nc3ccc(N4CC5CN(CCCC(=O)CO)CC5C4)cn3)nc2n(C2CCCC2)c1=O.CC(=O)c1c(C)c2cnc(Nc3ccc(N4CC5CN(CCCCCCC(=O)NO)CC5C4)cn3)nc2n(C2CCCC2)c1=O. The molecule has 8 aliphatic rings. The van der Waals surface area contributed by atoms with Gasteiger partial charge in [0, 0.05) is 163 Å². The minimum absolute atomic E-state index is 0.0271. The normalized spacial score (nSPS) is 18.7. The number of rotatable bonds is 34. The smallest absolute Gasteiger partial charge is 0.263 e. The van der Waals surface area contributed by atoms with Gasteiger partial charge in [-0.2, -0.15) is 15.0 Å². The lowest BCUT2D eigenvalue weighted by Crippen LogP contribution is -2.50. The highest BCUT2D eigenvalue weighted by Crippen LogP contribution is 2.40. The minimum atomic E-state index is -0.435. The molecule has 4 atom stereocenters. The van der Waals surface area contributed by atoms with Crippen molar-refractivity contribution < 1.29 is 53.8 Å². The molecule has 0 spiro atoms. The number of aliphatic hydroxyl groups is 2. The second kappa shape index (κ2) is 43.7. The summed E-state index contributed by atoms with van der Waals surface area (Å²) in [4.78, 5) is 192. The van der Waals surface area contributed by atoms with Crippen LogP contribution in [0.4, 0.5) is 46.7 Å². The first-order valence-corrected chi connectivity index (χ1v) is 47.5. The van der Waals surface area contributed by atoms with E-state index in [9.17, 15) is 52.7 Å². The third kappa shape index (κ3) is 22.4. The number of Topliss-reactive ketones (excluding diaryl/α,β-unsaturated/α-hetero) is 5. The zero-order chi connectivity index (χ0) is 93.7. The molecule has 8 fully saturated rings. The topological polar surface area (TPSA) is 447 Å². The number of pyridine rings is 6. The van der Waals surface area contributed by atoms with Crippen LogP contribution in [-0.4, -0.2) is 245 Å². The molecular weight excluding hydrogens is 1700 g/mol. The predicted molar refractivity (Wildman–Crippen MR) is 504 cm³/mol. The van der Waals surface area contributed by atoms with Crippen LogP contribution in [0.15, 0.2) is 88.0 Å². The van der Waals surface area contributed by atoms with Gasteiger partial charge in [-0.05, 0) is 202 Å². The maximum absolute atomic E-state index is 13.5. The number of carbonyl (C=O) groups excluding carboxylic acids is 8. The number of piperazine rings is 1. The van der Waals surface area contributed by atoms with Gasteiger partial charge in [0.05, 0.1) is 46.0 Å². The van der Waals surface area contributed by atoms with E-state index < -0.39 is 6.61 Å². The number of ketones is 5. The van der Waals surface area contributed by atoms with E-state index in [1.807, 2.05) is 24.5 Å². The van der Waals surface area contributed by atoms with E-state index in [1.165, 1.54) is 27.0 Å². The number of nitrogens with zero attached hydrogens (tertiary/aromatic N) is 18. The van der Waals surface area contributed by atoms with Gasteiger partial charge in [0.25, 0.3) is 22.6 Å². The second-order valence-electron chi connectivity index (χ2n) is 37.2. The fourth-order valence-electron chi connectivity index (χ4n) is 21.1. The number of nitrogens with one attached hydrogen (secondary N) is 4. The number of aryl methyl sites for hydroxylation is 3. The molecule has 7 N–H and O–H groups in total. The van der Waals surface area contributed by atoms with Crippen LogP contribution < -0.4 is 47.9 Å². The van der Waals surface area contributed by atoms with Gasteiger partial charge >= 0.3 is 0 Å². The number of fused-ring (bicyclic) bond motifs is 5. The summed E-state index contributed by atoms with van der Waals surface area (Å²) in [6.07, 6.45) is 30.4. The van der Waals surface area contributed by atoms with Crippen LogP contribution in [0.5, 0.6) is 0 Å². The maximum atomic E-state index is 13.5. The van der Waals surface area contributed by atoms with Crippen LogP contribution in [-0.2, 0) is 19.2 Å². The summed E-state index contributed by atoms with van der Waals surface area (Å²) < 4.78 is 5.10. The molecule has 706 valence electrons. The highest BCUT2D eigenvalue weighted by Gasteiger charge is 2.42. The van der Waals surface area contributed by atoms with Gasteiger partial charge in [0.2, 0.25) is 29.7 Å². The number of hydrogen-bond acceptors (Lipinski definition) is 30. The number of hydroxylamine groups is 1. The first kappa shape index (κ1) is 95.5. The number of unbranched alkanes of at least 4 members (excludes halogenated alkanes) is 5. The fraction of sp³-hybridized carbons (Fsp3) is 0.546. The van der Waals surface area contributed by atoms with Crippen LogP contribution in [0.25, 0.3) is 33.1 Å². The lowest BCUT2D eigenvalue weighted by atomic mass is 10.0. The number of aliphatic hydroxyl groups excluding tert-OH is 2. The van der Waals surface area contributed by atoms with E-state index in [0.29, 0.717) is 162 Å². The zero-order valence-electron chi connectivity index (χ0n) is 77.1. The zero-order valence-corrected chi connectivity index (χ0v) is 77.1. The van der Waals surface area contributed by atoms with Crippen LogP contribution in [0.3, 0.4) is 0 Å². The molecule has 36 heteroatoms. The van der Waals surface area contributed by atoms with Crippen molar-refractivity contribution in [3.63, 3.8) is 0 Å². The number of anilines is 8. The van der Waals surface area contributed by atoms with Gasteiger partial charge in [-0.25, -0.2) is 35.4 Å². The van der Waals surface area contributed by atoms with Crippen molar-refractivity contribution in [2.45, 2.75) is 214 Å². The number of likely N-dealkylation sites (tertiary alicyclic amines) is 2. The molecule has 5 aliphatic heterocycles. The third-order valence-corrected chi connectivity index (χ3v) is 28.1. The maximum Gasteiger partial charge on any atom is 0.263 e. The summed E-state index contributed by atoms with van der Waals surface area (Å²) in [6.45, 7) is 21.0. The molecule has 9 aromatic rings. The number of hydrogen-bond donors (Lipinski definition) is 7. The lowest BCUT2D eigenvalue weighted by Gasteiger charge is -2.34. The van der Waals surface area contributed by atoms with Crippen molar-refractivity contribution in [3.8, 4) is 0 Å². The van der Waals surface area contributed by atoms with Crippen molar-refractivity contribution in [3.05, 3.63) is 144 Å². The van der Waals surface area contributed by atoms with Gasteiger partial charge < -0.3 is 55.6 Å². The Morgan fingerprint density at radius 3 is 1.10 bits per heavy atom. The molecule has 0 aromatic carbocycles. The van der Waals surface area contributed by atoms with Crippen LogP contribution in [0.2, 0.25) is 0 Å². The molecule has 3 amide bonds. The highest BCUT2D eigenvalue weighted by atomic mass is 16.5. The molecule has 9 aromatic heterocycles. The molecule has 14 heterocycles. The van der Waals surface area contributed by atoms with Crippen LogP contribution in [0.1, 0.15) is 251 Å². The van der Waals surface area contributed by atoms with Gasteiger partial charge in [-0.1, -0.05) is 57.8 Å². The largest absolute Gasteiger partial charge is 0.389 e. The van der Waals surface area contributed by atoms with Crippen molar-refractivity contribution >= 4 is 126 Å². The van der Waals surface area contributed by atoms with Crippen LogP contribution in [0, 0.1) is 44.4 Å². The summed E-state index contributed by atoms with van der Waals surface area (Å²) in [6, 6.07) is 11.4. The summed E-state index contributed by atoms with van der Waals surface area (Å²) in [5.74, 6) is 3.76. The average molecular weight is 1820 g/mol. The molecular formula is C97H124N22O14. The molecule has 36 nitrogen and oxygen atoms in total. The van der Waals surface area contributed by atoms with E-state index in [2.05, 4.69) is 82.6 Å². The third-order valence-electron chi connectivity index (χ3n) is 28.1. The Morgan fingerprint density at radius 1 is 0.391 bits per heavy atom. The molecule has 133 heavy (non-hydrogen) atoms. The number of amides is 3. The number of carbonyl (C=O) groups is 8. The Bertz CT molecular complexity index is 5930. The average Bonchev–Trinajstić information content (AvgIpc) is 1.57. The van der Waals surface area contributed by atoms with E-state index >= 15 is 0 Å². The summed E-state index contributed by atoms with van der Waals surface area (Å²) >= 11 is 0. The number of aromatic nitrogens is 12. The van der Waals surface area contributed by atoms with Gasteiger partial charge in [-0.3, -0.25) is 71.6 Å². The Hall–Kier alpha value is -12.1.